The van der Waals surface area contributed by atoms with Gasteiger partial charge in [-0.05, 0) is 45.2 Å². The Kier molecular flexibility index (Phi) is 4.68. The predicted molar refractivity (Wildman–Crippen MR) is 83.5 cm³/mol. The fraction of sp³-hybridized carbons (Fsp3) is 0.562. The van der Waals surface area contributed by atoms with Gasteiger partial charge in [0.2, 0.25) is 5.91 Å². The Bertz CT molecular complexity index is 549. The first-order chi connectivity index (χ1) is 10.3. The van der Waals surface area contributed by atoms with E-state index >= 15 is 0 Å². The molecule has 22 heavy (non-hydrogen) atoms. The number of likely N-dealkylation sites (tertiary alicyclic amines) is 1. The molecule has 1 aromatic rings. The number of ether oxygens (including phenoxy) is 1. The van der Waals surface area contributed by atoms with Gasteiger partial charge in [0.05, 0.1) is 6.04 Å². The van der Waals surface area contributed by atoms with E-state index < -0.39 is 11.7 Å². The molecule has 6 heteroatoms. The van der Waals surface area contributed by atoms with Crippen molar-refractivity contribution in [3.63, 3.8) is 0 Å². The highest BCUT2D eigenvalue weighted by atomic mass is 16.6. The Morgan fingerprint density at radius 2 is 2.09 bits per heavy atom. The van der Waals surface area contributed by atoms with Gasteiger partial charge in [0, 0.05) is 19.7 Å². The van der Waals surface area contributed by atoms with E-state index in [1.807, 2.05) is 11.0 Å². The molecule has 0 unspecified atom stereocenters. The second kappa shape index (κ2) is 6.34. The van der Waals surface area contributed by atoms with Crippen LogP contribution in [0.4, 0.5) is 10.6 Å². The van der Waals surface area contributed by atoms with Crippen LogP contribution in [0.2, 0.25) is 0 Å². The molecule has 1 aromatic heterocycles. The van der Waals surface area contributed by atoms with Crippen LogP contribution in [0.3, 0.4) is 0 Å². The quantitative estimate of drug-likeness (QED) is 0.911. The number of pyridine rings is 1. The number of carbonyl (C=O) groups is 2. The topological polar surface area (TPSA) is 71.5 Å². The van der Waals surface area contributed by atoms with Gasteiger partial charge in [0.15, 0.2) is 0 Å². The molecule has 0 aliphatic carbocycles. The summed E-state index contributed by atoms with van der Waals surface area (Å²) in [6.45, 7) is 7.79. The summed E-state index contributed by atoms with van der Waals surface area (Å²) < 4.78 is 5.18. The van der Waals surface area contributed by atoms with Crippen molar-refractivity contribution >= 4 is 17.8 Å². The van der Waals surface area contributed by atoms with Gasteiger partial charge < -0.3 is 9.64 Å². The van der Waals surface area contributed by atoms with E-state index in [4.69, 9.17) is 4.74 Å². The van der Waals surface area contributed by atoms with E-state index in [9.17, 15) is 9.59 Å². The summed E-state index contributed by atoms with van der Waals surface area (Å²) in [5.41, 5.74) is 0.443. The standard InChI is InChI=1S/C16H23N3O3/c1-11(20)19-9-5-6-13(19)12-7-8-14(17-10-12)18-15(21)22-16(2,3)4/h7-8,10,13H,5-6,9H2,1-4H3,(H,17,18,21)/t13-/m0/s1. The number of nitrogens with zero attached hydrogens (tertiary/aromatic N) is 2. The zero-order valence-corrected chi connectivity index (χ0v) is 13.5. The third-order valence-corrected chi connectivity index (χ3v) is 3.46. The van der Waals surface area contributed by atoms with Crippen LogP contribution >= 0.6 is 0 Å². The molecule has 1 N–H and O–H groups in total. The van der Waals surface area contributed by atoms with Crippen LogP contribution in [0.1, 0.15) is 52.1 Å². The lowest BCUT2D eigenvalue weighted by molar-refractivity contribution is -0.129. The van der Waals surface area contributed by atoms with Crippen molar-refractivity contribution in [2.75, 3.05) is 11.9 Å². The normalized spacial score (nSPS) is 18.2. The first kappa shape index (κ1) is 16.3. The Morgan fingerprint density at radius 1 is 1.36 bits per heavy atom. The first-order valence-corrected chi connectivity index (χ1v) is 7.49. The second-order valence-electron chi connectivity index (χ2n) is 6.47. The van der Waals surface area contributed by atoms with E-state index in [0.29, 0.717) is 5.82 Å². The van der Waals surface area contributed by atoms with Crippen molar-refractivity contribution in [2.45, 2.75) is 52.2 Å². The van der Waals surface area contributed by atoms with E-state index in [1.165, 1.54) is 0 Å². The molecule has 2 rings (SSSR count). The van der Waals surface area contributed by atoms with E-state index in [2.05, 4.69) is 10.3 Å². The minimum absolute atomic E-state index is 0.0819. The van der Waals surface area contributed by atoms with Crippen LogP contribution in [0.15, 0.2) is 18.3 Å². The molecule has 0 saturated carbocycles. The van der Waals surface area contributed by atoms with Crippen molar-refractivity contribution in [3.05, 3.63) is 23.9 Å². The molecule has 2 heterocycles. The van der Waals surface area contributed by atoms with Gasteiger partial charge >= 0.3 is 6.09 Å². The van der Waals surface area contributed by atoms with Crippen LogP contribution in [0.5, 0.6) is 0 Å². The average molecular weight is 305 g/mol. The maximum absolute atomic E-state index is 11.7. The number of amides is 2. The Labute approximate surface area is 130 Å². The van der Waals surface area contributed by atoms with Crippen LogP contribution in [0.25, 0.3) is 0 Å². The summed E-state index contributed by atoms with van der Waals surface area (Å²) in [4.78, 5) is 29.4. The molecule has 1 aliphatic rings. The molecular weight excluding hydrogens is 282 g/mol. The summed E-state index contributed by atoms with van der Waals surface area (Å²) in [6.07, 6.45) is 3.12. The molecule has 0 bridgehead atoms. The van der Waals surface area contributed by atoms with Gasteiger partial charge in [-0.15, -0.1) is 0 Å². The third kappa shape index (κ3) is 4.19. The largest absolute Gasteiger partial charge is 0.444 e. The Morgan fingerprint density at radius 3 is 2.64 bits per heavy atom. The van der Waals surface area contributed by atoms with E-state index in [1.54, 1.807) is 40.0 Å². The highest BCUT2D eigenvalue weighted by molar-refractivity contribution is 5.83. The number of hydrogen-bond acceptors (Lipinski definition) is 4. The lowest BCUT2D eigenvalue weighted by Crippen LogP contribution is -2.28. The molecule has 0 aromatic carbocycles. The summed E-state index contributed by atoms with van der Waals surface area (Å²) in [5, 5.41) is 2.60. The van der Waals surface area contributed by atoms with Gasteiger partial charge in [-0.3, -0.25) is 10.1 Å². The van der Waals surface area contributed by atoms with Crippen LogP contribution in [-0.2, 0) is 9.53 Å². The minimum Gasteiger partial charge on any atom is -0.444 e. The minimum atomic E-state index is -0.546. The fourth-order valence-electron chi connectivity index (χ4n) is 2.57. The second-order valence-corrected chi connectivity index (χ2v) is 6.47. The maximum Gasteiger partial charge on any atom is 0.413 e. The molecular formula is C16H23N3O3. The molecule has 1 atom stereocenters. The summed E-state index contributed by atoms with van der Waals surface area (Å²) >= 11 is 0. The number of aromatic nitrogens is 1. The van der Waals surface area contributed by atoms with Crippen molar-refractivity contribution in [1.29, 1.82) is 0 Å². The van der Waals surface area contributed by atoms with Crippen molar-refractivity contribution in [2.24, 2.45) is 0 Å². The monoisotopic (exact) mass is 305 g/mol. The predicted octanol–water partition coefficient (Wildman–Crippen LogP) is 3.11. The average Bonchev–Trinajstić information content (AvgIpc) is 2.86. The lowest BCUT2D eigenvalue weighted by Gasteiger charge is -2.23. The molecule has 0 spiro atoms. The number of carbonyl (C=O) groups excluding carboxylic acids is 2. The summed E-state index contributed by atoms with van der Waals surface area (Å²) in [6, 6.07) is 3.71. The van der Waals surface area contributed by atoms with Gasteiger partial charge in [0.1, 0.15) is 11.4 Å². The van der Waals surface area contributed by atoms with Crippen LogP contribution in [-0.4, -0.2) is 34.0 Å². The fourth-order valence-corrected chi connectivity index (χ4v) is 2.57. The third-order valence-electron chi connectivity index (χ3n) is 3.46. The first-order valence-electron chi connectivity index (χ1n) is 7.49. The number of anilines is 1. The van der Waals surface area contributed by atoms with Gasteiger partial charge in [-0.1, -0.05) is 6.07 Å². The van der Waals surface area contributed by atoms with Crippen LogP contribution < -0.4 is 5.32 Å². The summed E-state index contributed by atoms with van der Waals surface area (Å²) in [7, 11) is 0. The van der Waals surface area contributed by atoms with Gasteiger partial charge in [0.25, 0.3) is 0 Å². The number of hydrogen-bond donors (Lipinski definition) is 1. The Hall–Kier alpha value is -2.11. The van der Waals surface area contributed by atoms with Gasteiger partial charge in [-0.25, -0.2) is 9.78 Å². The van der Waals surface area contributed by atoms with E-state index in [-0.39, 0.29) is 11.9 Å². The highest BCUT2D eigenvalue weighted by Gasteiger charge is 2.28. The van der Waals surface area contributed by atoms with Crippen LogP contribution in [0, 0.1) is 0 Å². The molecule has 0 radical (unpaired) electrons. The van der Waals surface area contributed by atoms with Crippen molar-refractivity contribution in [3.8, 4) is 0 Å². The lowest BCUT2D eigenvalue weighted by atomic mass is 10.1. The summed E-state index contributed by atoms with van der Waals surface area (Å²) in [5.74, 6) is 0.517. The molecule has 6 nitrogen and oxygen atoms in total. The molecule has 1 aliphatic heterocycles. The molecule has 1 saturated heterocycles. The van der Waals surface area contributed by atoms with Crippen molar-refractivity contribution in [1.82, 2.24) is 9.88 Å². The molecule has 120 valence electrons. The van der Waals surface area contributed by atoms with Gasteiger partial charge in [-0.2, -0.15) is 0 Å². The Balaban J connectivity index is 2.01. The molecule has 1 fully saturated rings. The smallest absolute Gasteiger partial charge is 0.413 e. The van der Waals surface area contributed by atoms with Crippen molar-refractivity contribution < 1.29 is 14.3 Å². The number of nitrogens with one attached hydrogen (secondary N) is 1. The maximum atomic E-state index is 11.7. The zero-order chi connectivity index (χ0) is 16.3. The molecule has 2 amide bonds. The zero-order valence-electron chi connectivity index (χ0n) is 13.5. The highest BCUT2D eigenvalue weighted by Crippen LogP contribution is 2.31. The number of rotatable bonds is 2. The SMILES string of the molecule is CC(=O)N1CCC[C@H]1c1ccc(NC(=O)OC(C)(C)C)nc1. The van der Waals surface area contributed by atoms with E-state index in [0.717, 1.165) is 24.9 Å².